The summed E-state index contributed by atoms with van der Waals surface area (Å²) < 4.78 is 0. The van der Waals surface area contributed by atoms with E-state index >= 15 is 0 Å². The molecule has 0 spiro atoms. The standard InChI is InChI=1S/C23H20N2O/c1-13-5-7-15(3)21-19(13)9-17(11-24-21)23(26)18-10-20-14(2)6-8-16(4)22(20)25-12-18/h5-12H,1-4H3. The Labute approximate surface area is 152 Å². The molecule has 0 saturated carbocycles. The van der Waals surface area contributed by atoms with Crippen molar-refractivity contribution in [2.45, 2.75) is 27.7 Å². The Balaban J connectivity index is 1.85. The number of aryl methyl sites for hydroxylation is 4. The number of benzene rings is 2. The first-order chi connectivity index (χ1) is 12.5. The fraction of sp³-hybridized carbons (Fsp3) is 0.174. The summed E-state index contributed by atoms with van der Waals surface area (Å²) in [7, 11) is 0. The number of pyridine rings is 2. The zero-order valence-electron chi connectivity index (χ0n) is 15.4. The maximum absolute atomic E-state index is 13.0. The van der Waals surface area contributed by atoms with Gasteiger partial charge < -0.3 is 0 Å². The maximum atomic E-state index is 13.0. The Morgan fingerprint density at radius 1 is 0.654 bits per heavy atom. The lowest BCUT2D eigenvalue weighted by atomic mass is 9.98. The van der Waals surface area contributed by atoms with Gasteiger partial charge in [0.2, 0.25) is 0 Å². The molecular formula is C23H20N2O. The number of aromatic nitrogens is 2. The van der Waals surface area contributed by atoms with Gasteiger partial charge >= 0.3 is 0 Å². The van der Waals surface area contributed by atoms with Crippen LogP contribution in [0, 0.1) is 27.7 Å². The van der Waals surface area contributed by atoms with E-state index in [-0.39, 0.29) is 5.78 Å². The second kappa shape index (κ2) is 6.03. The average molecular weight is 340 g/mol. The molecule has 4 aromatic rings. The molecule has 0 aliphatic carbocycles. The molecule has 2 aromatic carbocycles. The van der Waals surface area contributed by atoms with E-state index in [0.717, 1.165) is 44.1 Å². The van der Waals surface area contributed by atoms with E-state index in [0.29, 0.717) is 11.1 Å². The predicted octanol–water partition coefficient (Wildman–Crippen LogP) is 5.25. The van der Waals surface area contributed by atoms with Crippen LogP contribution in [0.1, 0.15) is 38.2 Å². The lowest BCUT2D eigenvalue weighted by molar-refractivity contribution is 0.103. The molecular weight excluding hydrogens is 320 g/mol. The first-order valence-electron chi connectivity index (χ1n) is 8.72. The van der Waals surface area contributed by atoms with Gasteiger partial charge in [0.25, 0.3) is 0 Å². The van der Waals surface area contributed by atoms with Crippen molar-refractivity contribution in [3.05, 3.63) is 82.2 Å². The van der Waals surface area contributed by atoms with Crippen molar-refractivity contribution in [2.75, 3.05) is 0 Å². The molecule has 4 rings (SSSR count). The minimum Gasteiger partial charge on any atom is -0.288 e. The number of fused-ring (bicyclic) bond motifs is 2. The van der Waals surface area contributed by atoms with E-state index in [1.807, 2.05) is 39.8 Å². The van der Waals surface area contributed by atoms with E-state index in [1.165, 1.54) is 0 Å². The van der Waals surface area contributed by atoms with Crippen LogP contribution in [0.5, 0.6) is 0 Å². The second-order valence-corrected chi connectivity index (χ2v) is 6.97. The molecule has 128 valence electrons. The summed E-state index contributed by atoms with van der Waals surface area (Å²) in [6, 6.07) is 12.1. The van der Waals surface area contributed by atoms with Crippen LogP contribution in [-0.4, -0.2) is 15.8 Å². The van der Waals surface area contributed by atoms with E-state index in [4.69, 9.17) is 0 Å². The van der Waals surface area contributed by atoms with Gasteiger partial charge in [-0.2, -0.15) is 0 Å². The van der Waals surface area contributed by atoms with Crippen LogP contribution in [0.25, 0.3) is 21.8 Å². The molecule has 0 bridgehead atoms. The SMILES string of the molecule is Cc1ccc(C)c2ncc(C(=O)c3cnc4c(C)ccc(C)c4c3)cc12. The number of hydrogen-bond donors (Lipinski definition) is 0. The smallest absolute Gasteiger partial charge is 0.196 e. The average Bonchev–Trinajstić information content (AvgIpc) is 2.66. The van der Waals surface area contributed by atoms with Gasteiger partial charge in [-0.15, -0.1) is 0 Å². The first kappa shape index (κ1) is 16.4. The van der Waals surface area contributed by atoms with Crippen LogP contribution >= 0.6 is 0 Å². The number of hydrogen-bond acceptors (Lipinski definition) is 3. The zero-order valence-corrected chi connectivity index (χ0v) is 15.4. The number of ketones is 1. The van der Waals surface area contributed by atoms with Crippen LogP contribution in [0.4, 0.5) is 0 Å². The van der Waals surface area contributed by atoms with Crippen molar-refractivity contribution >= 4 is 27.6 Å². The molecule has 0 N–H and O–H groups in total. The molecule has 2 heterocycles. The van der Waals surface area contributed by atoms with Gasteiger partial charge in [0.15, 0.2) is 5.78 Å². The van der Waals surface area contributed by atoms with Crippen LogP contribution in [0.3, 0.4) is 0 Å². The van der Waals surface area contributed by atoms with Gasteiger partial charge in [0.05, 0.1) is 11.0 Å². The molecule has 0 atom stereocenters. The van der Waals surface area contributed by atoms with Crippen LogP contribution < -0.4 is 0 Å². The molecule has 3 heteroatoms. The molecule has 0 amide bonds. The minimum atomic E-state index is -0.0457. The van der Waals surface area contributed by atoms with E-state index in [9.17, 15) is 4.79 Å². The van der Waals surface area contributed by atoms with Crippen LogP contribution in [0.2, 0.25) is 0 Å². The highest BCUT2D eigenvalue weighted by atomic mass is 16.1. The molecule has 0 saturated heterocycles. The van der Waals surface area contributed by atoms with Crippen molar-refractivity contribution in [1.29, 1.82) is 0 Å². The maximum Gasteiger partial charge on any atom is 0.196 e. The highest BCUT2D eigenvalue weighted by Gasteiger charge is 2.14. The Kier molecular flexibility index (Phi) is 3.80. The normalized spacial score (nSPS) is 11.2. The fourth-order valence-electron chi connectivity index (χ4n) is 3.41. The summed E-state index contributed by atoms with van der Waals surface area (Å²) in [6.07, 6.45) is 3.34. The zero-order chi connectivity index (χ0) is 18.4. The van der Waals surface area contributed by atoms with E-state index in [1.54, 1.807) is 12.4 Å². The molecule has 26 heavy (non-hydrogen) atoms. The summed E-state index contributed by atoms with van der Waals surface area (Å²) in [5.74, 6) is -0.0457. The van der Waals surface area contributed by atoms with Gasteiger partial charge in [-0.1, -0.05) is 24.3 Å². The quantitative estimate of drug-likeness (QED) is 0.468. The summed E-state index contributed by atoms with van der Waals surface area (Å²) in [5.41, 5.74) is 7.56. The first-order valence-corrected chi connectivity index (χ1v) is 8.72. The van der Waals surface area contributed by atoms with Gasteiger partial charge in [-0.25, -0.2) is 0 Å². The Hall–Kier alpha value is -3.07. The monoisotopic (exact) mass is 340 g/mol. The lowest BCUT2D eigenvalue weighted by Gasteiger charge is -2.09. The number of rotatable bonds is 2. The van der Waals surface area contributed by atoms with E-state index < -0.39 is 0 Å². The summed E-state index contributed by atoms with van der Waals surface area (Å²) in [5, 5.41) is 2.05. The summed E-state index contributed by atoms with van der Waals surface area (Å²) >= 11 is 0. The highest BCUT2D eigenvalue weighted by Crippen LogP contribution is 2.25. The van der Waals surface area contributed by atoms with Gasteiger partial charge in [0.1, 0.15) is 0 Å². The van der Waals surface area contributed by atoms with E-state index in [2.05, 4.69) is 34.2 Å². The molecule has 2 aromatic heterocycles. The van der Waals surface area contributed by atoms with Gasteiger partial charge in [-0.3, -0.25) is 14.8 Å². The van der Waals surface area contributed by atoms with Crippen LogP contribution in [-0.2, 0) is 0 Å². The summed E-state index contributed by atoms with van der Waals surface area (Å²) in [4.78, 5) is 22.1. The fourth-order valence-corrected chi connectivity index (χ4v) is 3.41. The van der Waals surface area contributed by atoms with Gasteiger partial charge in [-0.05, 0) is 62.1 Å². The minimum absolute atomic E-state index is 0.0457. The van der Waals surface area contributed by atoms with Crippen LogP contribution in [0.15, 0.2) is 48.8 Å². The lowest BCUT2D eigenvalue weighted by Crippen LogP contribution is -2.04. The largest absolute Gasteiger partial charge is 0.288 e. The summed E-state index contributed by atoms with van der Waals surface area (Å²) in [6.45, 7) is 8.16. The van der Waals surface area contributed by atoms with Crippen molar-refractivity contribution in [3.8, 4) is 0 Å². The Morgan fingerprint density at radius 2 is 1.04 bits per heavy atom. The number of carbonyl (C=O) groups excluding carboxylic acids is 1. The number of carbonyl (C=O) groups is 1. The molecule has 3 nitrogen and oxygen atoms in total. The Bertz CT molecular complexity index is 1100. The number of nitrogens with zero attached hydrogens (tertiary/aromatic N) is 2. The molecule has 0 aliphatic heterocycles. The topological polar surface area (TPSA) is 42.9 Å². The van der Waals surface area contributed by atoms with Gasteiger partial charge in [0, 0.05) is 34.3 Å². The Morgan fingerprint density at radius 3 is 1.46 bits per heavy atom. The molecule has 0 unspecified atom stereocenters. The molecule has 0 aliphatic rings. The molecule has 0 fully saturated rings. The molecule has 0 radical (unpaired) electrons. The third-order valence-corrected chi connectivity index (χ3v) is 5.06. The second-order valence-electron chi connectivity index (χ2n) is 6.97. The highest BCUT2D eigenvalue weighted by molar-refractivity contribution is 6.11. The van der Waals surface area contributed by atoms with Crippen molar-refractivity contribution in [1.82, 2.24) is 9.97 Å². The van der Waals surface area contributed by atoms with Crippen molar-refractivity contribution in [3.63, 3.8) is 0 Å². The predicted molar refractivity (Wildman–Crippen MR) is 106 cm³/mol. The van der Waals surface area contributed by atoms with Crippen molar-refractivity contribution < 1.29 is 4.79 Å². The third-order valence-electron chi connectivity index (χ3n) is 5.06. The van der Waals surface area contributed by atoms with Crippen molar-refractivity contribution in [2.24, 2.45) is 0 Å². The third kappa shape index (κ3) is 2.57.